The van der Waals surface area contributed by atoms with Crippen LogP contribution in [0.25, 0.3) is 0 Å². The van der Waals surface area contributed by atoms with Crippen molar-refractivity contribution in [2.45, 2.75) is 37.6 Å². The number of nitrogens with zero attached hydrogens (tertiary/aromatic N) is 3. The number of aromatic nitrogens is 1. The van der Waals surface area contributed by atoms with Gasteiger partial charge in [-0.05, 0) is 30.5 Å². The summed E-state index contributed by atoms with van der Waals surface area (Å²) in [4.78, 5) is 49.8. The molecule has 0 bridgehead atoms. The van der Waals surface area contributed by atoms with Gasteiger partial charge in [-0.1, -0.05) is 17.3 Å². The van der Waals surface area contributed by atoms with Crippen LogP contribution < -0.4 is 15.8 Å². The van der Waals surface area contributed by atoms with Crippen molar-refractivity contribution in [1.82, 2.24) is 15.2 Å². The van der Waals surface area contributed by atoms with Crippen LogP contribution in [0.4, 0.5) is 5.13 Å². The molecule has 1 aromatic carbocycles. The topological polar surface area (TPSA) is 164 Å². The normalized spacial score (nSPS) is 22.5. The molecule has 39 heavy (non-hydrogen) atoms. The zero-order chi connectivity index (χ0) is 27.5. The standard InChI is InChI=1S/C25H27N5O8S/c1-34-14-7-5-13(6-8-14)10-38-24(33)20-21(17-4-3-9-36-17)37-11-16-19(23(32)30(16)20)28-22(31)18(29-35-2)15-12-39-25(26)27-15/h5-8,12,16-17,19H,3-4,9-11H2,1-2H3,(H2,26,27)(H,28,31)/b29-18-/t16-,17?,19+/m1/s1. The highest BCUT2D eigenvalue weighted by molar-refractivity contribution is 7.13. The SMILES string of the molecule is CO/N=C(\C(=O)N[C@@H]1C(=O)N2C(C(=O)OCc3ccc(OC)cc3)=C(C3CCCO3)OC[C@H]12)c1csc(N)n1. The molecule has 5 rings (SSSR count). The Hall–Kier alpha value is -4.17. The number of hydrogen-bond acceptors (Lipinski definition) is 12. The summed E-state index contributed by atoms with van der Waals surface area (Å²) in [6, 6.07) is 5.46. The van der Waals surface area contributed by atoms with E-state index in [4.69, 9.17) is 29.5 Å². The molecule has 4 heterocycles. The van der Waals surface area contributed by atoms with Crippen molar-refractivity contribution in [3.63, 3.8) is 0 Å². The number of nitrogen functional groups attached to an aromatic ring is 1. The minimum absolute atomic E-state index is 0.0137. The van der Waals surface area contributed by atoms with E-state index in [1.807, 2.05) is 0 Å². The van der Waals surface area contributed by atoms with E-state index in [1.165, 1.54) is 12.0 Å². The van der Waals surface area contributed by atoms with E-state index in [0.717, 1.165) is 23.3 Å². The van der Waals surface area contributed by atoms with Crippen LogP contribution in [-0.4, -0.2) is 79.0 Å². The number of hydrogen-bond donors (Lipinski definition) is 2. The molecule has 2 saturated heterocycles. The van der Waals surface area contributed by atoms with Crippen molar-refractivity contribution < 1.29 is 38.2 Å². The Kier molecular flexibility index (Phi) is 7.65. The van der Waals surface area contributed by atoms with Gasteiger partial charge in [0.1, 0.15) is 50.0 Å². The fraction of sp³-hybridized carbons (Fsp3) is 0.400. The number of β-lactam (4-membered cyclic amide) rings is 1. The summed E-state index contributed by atoms with van der Waals surface area (Å²) in [5.74, 6) is -0.955. The average molecular weight is 558 g/mol. The number of anilines is 1. The van der Waals surface area contributed by atoms with Crippen LogP contribution in [0.5, 0.6) is 5.75 Å². The number of methoxy groups -OCH3 is 1. The van der Waals surface area contributed by atoms with E-state index < -0.39 is 36.0 Å². The summed E-state index contributed by atoms with van der Waals surface area (Å²) >= 11 is 1.13. The number of thiazole rings is 1. The first-order valence-corrected chi connectivity index (χ1v) is 13.0. The van der Waals surface area contributed by atoms with Gasteiger partial charge in [0.05, 0.1) is 7.11 Å². The average Bonchev–Trinajstić information content (AvgIpc) is 3.64. The molecule has 3 aliphatic rings. The summed E-state index contributed by atoms with van der Waals surface area (Å²) in [6.45, 7) is 0.553. The number of benzene rings is 1. The lowest BCUT2D eigenvalue weighted by Crippen LogP contribution is -2.74. The van der Waals surface area contributed by atoms with Gasteiger partial charge in [0.25, 0.3) is 11.8 Å². The van der Waals surface area contributed by atoms with Crippen LogP contribution >= 0.6 is 11.3 Å². The number of carbonyl (C=O) groups excluding carboxylic acids is 3. The molecule has 14 heteroatoms. The number of rotatable bonds is 9. The number of ether oxygens (including phenoxy) is 4. The van der Waals surface area contributed by atoms with Crippen LogP contribution in [0.2, 0.25) is 0 Å². The molecule has 1 unspecified atom stereocenters. The molecule has 3 atom stereocenters. The Labute approximate surface area is 227 Å². The van der Waals surface area contributed by atoms with E-state index in [-0.39, 0.29) is 41.2 Å². The molecule has 3 N–H and O–H groups in total. The minimum Gasteiger partial charge on any atom is -0.497 e. The van der Waals surface area contributed by atoms with Gasteiger partial charge in [-0.25, -0.2) is 9.78 Å². The largest absolute Gasteiger partial charge is 0.497 e. The smallest absolute Gasteiger partial charge is 0.359 e. The molecule has 0 spiro atoms. The van der Waals surface area contributed by atoms with Gasteiger partial charge in [0.15, 0.2) is 22.3 Å². The van der Waals surface area contributed by atoms with Crippen molar-refractivity contribution in [2.75, 3.05) is 33.2 Å². The Balaban J connectivity index is 1.33. The zero-order valence-electron chi connectivity index (χ0n) is 21.2. The number of carbonyl (C=O) groups is 3. The van der Waals surface area contributed by atoms with Crippen molar-refractivity contribution in [3.05, 3.63) is 52.4 Å². The van der Waals surface area contributed by atoms with Crippen molar-refractivity contribution in [2.24, 2.45) is 5.16 Å². The van der Waals surface area contributed by atoms with Crippen molar-refractivity contribution in [3.8, 4) is 5.75 Å². The third-order valence-electron chi connectivity index (χ3n) is 6.50. The van der Waals surface area contributed by atoms with Gasteiger partial charge in [0, 0.05) is 12.0 Å². The van der Waals surface area contributed by atoms with Gasteiger partial charge >= 0.3 is 5.97 Å². The number of nitrogens with one attached hydrogen (secondary N) is 1. The first kappa shape index (κ1) is 26.4. The van der Waals surface area contributed by atoms with E-state index in [9.17, 15) is 14.4 Å². The lowest BCUT2D eigenvalue weighted by atomic mass is 9.91. The molecule has 0 aliphatic carbocycles. The summed E-state index contributed by atoms with van der Waals surface area (Å²) in [5.41, 5.74) is 6.48. The number of fused-ring (bicyclic) bond motifs is 1. The first-order valence-electron chi connectivity index (χ1n) is 12.2. The minimum atomic E-state index is -0.967. The van der Waals surface area contributed by atoms with Gasteiger partial charge in [-0.3, -0.25) is 14.5 Å². The molecule has 0 radical (unpaired) electrons. The van der Waals surface area contributed by atoms with Gasteiger partial charge in [-0.2, -0.15) is 0 Å². The molecular formula is C25H27N5O8S. The van der Waals surface area contributed by atoms with Crippen molar-refractivity contribution >= 4 is 40.0 Å². The second-order valence-electron chi connectivity index (χ2n) is 8.87. The number of amides is 2. The predicted molar refractivity (Wildman–Crippen MR) is 137 cm³/mol. The van der Waals surface area contributed by atoms with Gasteiger partial charge in [0.2, 0.25) is 0 Å². The highest BCUT2D eigenvalue weighted by Gasteiger charge is 2.56. The third-order valence-corrected chi connectivity index (χ3v) is 7.17. The Morgan fingerprint density at radius 2 is 2.08 bits per heavy atom. The summed E-state index contributed by atoms with van der Waals surface area (Å²) < 4.78 is 22.4. The number of esters is 1. The molecular weight excluding hydrogens is 530 g/mol. The van der Waals surface area contributed by atoms with E-state index >= 15 is 0 Å². The second-order valence-corrected chi connectivity index (χ2v) is 9.76. The molecule has 0 saturated carbocycles. The lowest BCUT2D eigenvalue weighted by Gasteiger charge is -2.50. The van der Waals surface area contributed by atoms with Crippen molar-refractivity contribution in [1.29, 1.82) is 0 Å². The molecule has 13 nitrogen and oxygen atoms in total. The summed E-state index contributed by atoms with van der Waals surface area (Å²) in [5, 5.41) is 8.21. The lowest BCUT2D eigenvalue weighted by molar-refractivity contribution is -0.163. The van der Waals surface area contributed by atoms with E-state index in [2.05, 4.69) is 15.5 Å². The third kappa shape index (κ3) is 5.25. The maximum Gasteiger partial charge on any atom is 0.359 e. The Morgan fingerprint density at radius 1 is 1.28 bits per heavy atom. The molecule has 3 aliphatic heterocycles. The van der Waals surface area contributed by atoms with Gasteiger partial charge in [-0.15, -0.1) is 11.3 Å². The fourth-order valence-electron chi connectivity index (χ4n) is 4.58. The maximum atomic E-state index is 13.3. The fourth-order valence-corrected chi connectivity index (χ4v) is 5.13. The van der Waals surface area contributed by atoms with Crippen LogP contribution in [0.3, 0.4) is 0 Å². The van der Waals surface area contributed by atoms with Crippen LogP contribution in [0.1, 0.15) is 24.1 Å². The van der Waals surface area contributed by atoms with Crippen LogP contribution in [0, 0.1) is 0 Å². The first-order chi connectivity index (χ1) is 18.9. The highest BCUT2D eigenvalue weighted by atomic mass is 32.1. The predicted octanol–water partition coefficient (Wildman–Crippen LogP) is 0.944. The van der Waals surface area contributed by atoms with Gasteiger partial charge < -0.3 is 34.8 Å². The van der Waals surface area contributed by atoms with Crippen LogP contribution in [0.15, 0.2) is 46.3 Å². The Morgan fingerprint density at radius 3 is 2.72 bits per heavy atom. The summed E-state index contributed by atoms with van der Waals surface area (Å²) in [7, 11) is 2.85. The quantitative estimate of drug-likeness (QED) is 0.196. The second kappa shape index (κ2) is 11.3. The Bertz CT molecular complexity index is 1320. The zero-order valence-corrected chi connectivity index (χ0v) is 22.1. The molecule has 2 fully saturated rings. The highest BCUT2D eigenvalue weighted by Crippen LogP contribution is 2.37. The maximum absolute atomic E-state index is 13.3. The summed E-state index contributed by atoms with van der Waals surface area (Å²) in [6.07, 6.45) is 0.974. The van der Waals surface area contributed by atoms with Crippen LogP contribution in [-0.2, 0) is 40.0 Å². The molecule has 2 amide bonds. The number of nitrogens with two attached hydrogens (primary N) is 1. The van der Waals surface area contributed by atoms with E-state index in [0.29, 0.717) is 18.8 Å². The molecule has 1 aromatic heterocycles. The molecule has 206 valence electrons. The van der Waals surface area contributed by atoms with E-state index in [1.54, 1.807) is 36.8 Å². The molecule has 2 aromatic rings. The number of oxime groups is 1. The monoisotopic (exact) mass is 557 g/mol.